The van der Waals surface area contributed by atoms with E-state index in [9.17, 15) is 10.1 Å². The van der Waals surface area contributed by atoms with Gasteiger partial charge in [-0.3, -0.25) is 10.1 Å². The van der Waals surface area contributed by atoms with Crippen molar-refractivity contribution in [1.82, 2.24) is 4.98 Å². The Kier molecular flexibility index (Phi) is 3.76. The zero-order chi connectivity index (χ0) is 13.1. The lowest BCUT2D eigenvalue weighted by Gasteiger charge is -2.28. The van der Waals surface area contributed by atoms with Gasteiger partial charge in [-0.25, -0.2) is 4.98 Å². The molecule has 0 aliphatic carbocycles. The Balaban J connectivity index is 2.18. The molecule has 0 aromatic carbocycles. The Labute approximate surface area is 106 Å². The van der Waals surface area contributed by atoms with Gasteiger partial charge in [-0.1, -0.05) is 0 Å². The van der Waals surface area contributed by atoms with E-state index >= 15 is 0 Å². The average Bonchev–Trinajstić information content (AvgIpc) is 2.28. The van der Waals surface area contributed by atoms with Gasteiger partial charge in [0.2, 0.25) is 5.82 Å². The van der Waals surface area contributed by atoms with Crippen LogP contribution in [-0.4, -0.2) is 28.7 Å². The Morgan fingerprint density at radius 3 is 3.06 bits per heavy atom. The third kappa shape index (κ3) is 2.76. The molecule has 0 bridgehead atoms. The van der Waals surface area contributed by atoms with Crippen molar-refractivity contribution >= 4 is 11.5 Å². The highest BCUT2D eigenvalue weighted by atomic mass is 16.6. The summed E-state index contributed by atoms with van der Waals surface area (Å²) in [7, 11) is 0. The van der Waals surface area contributed by atoms with Crippen LogP contribution in [0.1, 0.15) is 25.3 Å². The van der Waals surface area contributed by atoms with Gasteiger partial charge in [-0.2, -0.15) is 0 Å². The molecule has 1 aliphatic rings. The molecule has 2 rings (SSSR count). The van der Waals surface area contributed by atoms with E-state index in [2.05, 4.69) is 10.3 Å². The number of nitro groups is 1. The van der Waals surface area contributed by atoms with Crippen molar-refractivity contribution in [2.75, 3.05) is 11.9 Å². The Hall–Kier alpha value is -1.69. The van der Waals surface area contributed by atoms with E-state index in [4.69, 9.17) is 4.74 Å². The van der Waals surface area contributed by atoms with Gasteiger partial charge >= 0.3 is 5.69 Å². The van der Waals surface area contributed by atoms with Crippen molar-refractivity contribution in [2.45, 2.75) is 38.8 Å². The molecule has 6 heteroatoms. The second-order valence-electron chi connectivity index (χ2n) is 4.63. The first-order chi connectivity index (χ1) is 8.58. The Bertz CT molecular complexity index is 450. The highest BCUT2D eigenvalue weighted by molar-refractivity contribution is 5.60. The summed E-state index contributed by atoms with van der Waals surface area (Å²) in [6, 6.07) is 1.83. The maximum Gasteiger partial charge on any atom is 0.314 e. The predicted molar refractivity (Wildman–Crippen MR) is 67.7 cm³/mol. The van der Waals surface area contributed by atoms with Crippen LogP contribution in [0.25, 0.3) is 0 Å². The van der Waals surface area contributed by atoms with E-state index in [1.54, 1.807) is 19.2 Å². The second kappa shape index (κ2) is 5.30. The van der Waals surface area contributed by atoms with Crippen LogP contribution >= 0.6 is 0 Å². The average molecular weight is 251 g/mol. The van der Waals surface area contributed by atoms with Crippen LogP contribution in [0.5, 0.6) is 0 Å². The topological polar surface area (TPSA) is 77.3 Å². The Morgan fingerprint density at radius 2 is 2.39 bits per heavy atom. The summed E-state index contributed by atoms with van der Waals surface area (Å²) in [6.07, 6.45) is 3.46. The van der Waals surface area contributed by atoms with Crippen LogP contribution in [0.3, 0.4) is 0 Å². The van der Waals surface area contributed by atoms with Crippen molar-refractivity contribution in [1.29, 1.82) is 0 Å². The number of hydrogen-bond acceptors (Lipinski definition) is 5. The van der Waals surface area contributed by atoms with Crippen LogP contribution in [0.4, 0.5) is 11.5 Å². The van der Waals surface area contributed by atoms with E-state index in [1.807, 2.05) is 6.92 Å². The van der Waals surface area contributed by atoms with E-state index in [0.29, 0.717) is 18.0 Å². The molecule has 0 saturated carbocycles. The predicted octanol–water partition coefficient (Wildman–Crippen LogP) is 2.28. The fourth-order valence-corrected chi connectivity index (χ4v) is 2.21. The summed E-state index contributed by atoms with van der Waals surface area (Å²) in [5.74, 6) is 0.360. The summed E-state index contributed by atoms with van der Waals surface area (Å²) in [4.78, 5) is 14.8. The molecule has 1 aromatic rings. The third-order valence-corrected chi connectivity index (χ3v) is 3.13. The molecule has 98 valence electrons. The molecule has 2 heterocycles. The molecule has 18 heavy (non-hydrogen) atoms. The normalized spacial score (nSPS) is 23.7. The van der Waals surface area contributed by atoms with Crippen LogP contribution in [0, 0.1) is 17.0 Å². The van der Waals surface area contributed by atoms with Gasteiger partial charge in [-0.05, 0) is 32.8 Å². The van der Waals surface area contributed by atoms with Crippen molar-refractivity contribution < 1.29 is 9.66 Å². The number of pyridine rings is 1. The van der Waals surface area contributed by atoms with Gasteiger partial charge in [0.15, 0.2) is 0 Å². The van der Waals surface area contributed by atoms with Crippen molar-refractivity contribution in [3.8, 4) is 0 Å². The van der Waals surface area contributed by atoms with Gasteiger partial charge in [0.05, 0.1) is 11.0 Å². The zero-order valence-electron chi connectivity index (χ0n) is 10.5. The number of nitrogens with one attached hydrogen (secondary N) is 1. The van der Waals surface area contributed by atoms with E-state index in [-0.39, 0.29) is 22.8 Å². The first kappa shape index (κ1) is 12.8. The molecule has 1 aromatic heterocycles. The minimum atomic E-state index is -0.382. The minimum Gasteiger partial charge on any atom is -0.378 e. The van der Waals surface area contributed by atoms with E-state index in [0.717, 1.165) is 12.8 Å². The maximum absolute atomic E-state index is 11.0. The number of aromatic nitrogens is 1. The SMILES string of the molecule is Cc1ccnc(NC2CCOC(C)C2)c1[N+](=O)[O-]. The molecule has 1 saturated heterocycles. The number of ether oxygens (including phenoxy) is 1. The van der Waals surface area contributed by atoms with Gasteiger partial charge in [0.25, 0.3) is 0 Å². The fourth-order valence-electron chi connectivity index (χ4n) is 2.21. The summed E-state index contributed by atoms with van der Waals surface area (Å²) in [5.41, 5.74) is 0.689. The minimum absolute atomic E-state index is 0.0663. The molecule has 0 radical (unpaired) electrons. The summed E-state index contributed by atoms with van der Waals surface area (Å²) in [6.45, 7) is 4.40. The largest absolute Gasteiger partial charge is 0.378 e. The molecule has 1 fully saturated rings. The van der Waals surface area contributed by atoms with Gasteiger partial charge in [0.1, 0.15) is 0 Å². The maximum atomic E-state index is 11.0. The number of rotatable bonds is 3. The lowest BCUT2D eigenvalue weighted by Crippen LogP contribution is -2.33. The molecular formula is C12H17N3O3. The molecule has 0 spiro atoms. The summed E-state index contributed by atoms with van der Waals surface area (Å²) in [5, 5.41) is 14.2. The smallest absolute Gasteiger partial charge is 0.314 e. The van der Waals surface area contributed by atoms with Gasteiger partial charge < -0.3 is 10.1 Å². The summed E-state index contributed by atoms with van der Waals surface area (Å²) >= 11 is 0. The van der Waals surface area contributed by atoms with Crippen molar-refractivity contribution in [3.63, 3.8) is 0 Å². The van der Waals surface area contributed by atoms with Crippen LogP contribution in [0.15, 0.2) is 12.3 Å². The highest BCUT2D eigenvalue weighted by Crippen LogP contribution is 2.27. The van der Waals surface area contributed by atoms with Crippen molar-refractivity contribution in [3.05, 3.63) is 27.9 Å². The number of aryl methyl sites for hydroxylation is 1. The number of nitrogens with zero attached hydrogens (tertiary/aromatic N) is 2. The standard InChI is InChI=1S/C12H17N3O3/c1-8-3-5-13-12(11(8)15(16)17)14-10-4-6-18-9(2)7-10/h3,5,9-10H,4,6-7H2,1-2H3,(H,13,14). The monoisotopic (exact) mass is 251 g/mol. The highest BCUT2D eigenvalue weighted by Gasteiger charge is 2.24. The Morgan fingerprint density at radius 1 is 1.61 bits per heavy atom. The first-order valence-electron chi connectivity index (χ1n) is 6.06. The molecule has 1 aliphatic heterocycles. The second-order valence-corrected chi connectivity index (χ2v) is 4.63. The zero-order valence-corrected chi connectivity index (χ0v) is 10.5. The lowest BCUT2D eigenvalue weighted by molar-refractivity contribution is -0.384. The van der Waals surface area contributed by atoms with Crippen molar-refractivity contribution in [2.24, 2.45) is 0 Å². The quantitative estimate of drug-likeness (QED) is 0.658. The molecule has 2 unspecified atom stereocenters. The van der Waals surface area contributed by atoms with Crippen LogP contribution < -0.4 is 5.32 Å². The van der Waals surface area contributed by atoms with Gasteiger partial charge in [-0.15, -0.1) is 0 Å². The van der Waals surface area contributed by atoms with Crippen LogP contribution in [-0.2, 0) is 4.74 Å². The number of anilines is 1. The molecule has 6 nitrogen and oxygen atoms in total. The lowest BCUT2D eigenvalue weighted by atomic mass is 10.0. The fraction of sp³-hybridized carbons (Fsp3) is 0.583. The van der Waals surface area contributed by atoms with E-state index in [1.165, 1.54) is 0 Å². The molecule has 2 atom stereocenters. The molecule has 1 N–H and O–H groups in total. The summed E-state index contributed by atoms with van der Waals surface area (Å²) < 4.78 is 5.45. The number of hydrogen-bond donors (Lipinski definition) is 1. The third-order valence-electron chi connectivity index (χ3n) is 3.13. The van der Waals surface area contributed by atoms with Crippen LogP contribution in [0.2, 0.25) is 0 Å². The molecule has 0 amide bonds. The van der Waals surface area contributed by atoms with Gasteiger partial charge in [0, 0.05) is 24.4 Å². The first-order valence-corrected chi connectivity index (χ1v) is 6.06. The van der Waals surface area contributed by atoms with E-state index < -0.39 is 0 Å². The molecular weight excluding hydrogens is 234 g/mol.